The smallest absolute Gasteiger partial charge is 0.410 e. The van der Waals surface area contributed by atoms with Crippen LogP contribution in [0.3, 0.4) is 0 Å². The van der Waals surface area contributed by atoms with Gasteiger partial charge in [-0.2, -0.15) is 12.7 Å². The van der Waals surface area contributed by atoms with Crippen molar-refractivity contribution in [1.29, 1.82) is 0 Å². The van der Waals surface area contributed by atoms with Crippen molar-refractivity contribution in [2.24, 2.45) is 5.41 Å². The van der Waals surface area contributed by atoms with Crippen molar-refractivity contribution in [2.45, 2.75) is 45.8 Å². The molecule has 2 aliphatic heterocycles. The van der Waals surface area contributed by atoms with E-state index in [4.69, 9.17) is 9.47 Å². The molecule has 2 fully saturated rings. The Bertz CT molecular complexity index is 1210. The topological polar surface area (TPSA) is 96.5 Å². The molecule has 9 nitrogen and oxygen atoms in total. The van der Waals surface area contributed by atoms with E-state index >= 15 is 0 Å². The summed E-state index contributed by atoms with van der Waals surface area (Å²) in [7, 11) is -2.50. The van der Waals surface area contributed by atoms with E-state index in [-0.39, 0.29) is 18.1 Å². The van der Waals surface area contributed by atoms with Crippen LogP contribution in [0.1, 0.15) is 49.5 Å². The number of nitrogens with zero attached hydrogens (tertiary/aromatic N) is 3. The summed E-state index contributed by atoms with van der Waals surface area (Å²) in [5, 5.41) is 0. The quantitative estimate of drug-likeness (QED) is 0.524. The number of hydrogen-bond donors (Lipinski definition) is 0. The van der Waals surface area contributed by atoms with E-state index in [2.05, 4.69) is 0 Å². The van der Waals surface area contributed by atoms with Crippen molar-refractivity contribution in [3.8, 4) is 0 Å². The fourth-order valence-electron chi connectivity index (χ4n) is 4.80. The predicted octanol–water partition coefficient (Wildman–Crippen LogP) is 4.06. The molecule has 200 valence electrons. The number of methoxy groups -OCH3 is 1. The van der Waals surface area contributed by atoms with Gasteiger partial charge in [0.25, 0.3) is 0 Å². The highest BCUT2D eigenvalue weighted by Crippen LogP contribution is 2.42. The van der Waals surface area contributed by atoms with Gasteiger partial charge in [-0.25, -0.2) is 9.59 Å². The van der Waals surface area contributed by atoms with E-state index in [1.807, 2.05) is 39.0 Å². The maximum atomic E-state index is 13.9. The number of anilines is 1. The summed E-state index contributed by atoms with van der Waals surface area (Å²) in [6.45, 7) is 7.60. The molecule has 0 bridgehead atoms. The van der Waals surface area contributed by atoms with Gasteiger partial charge in [0.1, 0.15) is 5.60 Å². The monoisotopic (exact) mass is 529 g/mol. The van der Waals surface area contributed by atoms with Gasteiger partial charge in [-0.3, -0.25) is 4.31 Å². The van der Waals surface area contributed by atoms with Crippen LogP contribution in [0, 0.1) is 5.41 Å². The fourth-order valence-corrected chi connectivity index (χ4v) is 6.42. The van der Waals surface area contributed by atoms with Gasteiger partial charge in [-0.1, -0.05) is 30.3 Å². The summed E-state index contributed by atoms with van der Waals surface area (Å²) in [5.74, 6) is -0.442. The average Bonchev–Trinajstić information content (AvgIpc) is 2.85. The first-order valence-corrected chi connectivity index (χ1v) is 13.8. The van der Waals surface area contributed by atoms with Crippen LogP contribution >= 0.6 is 0 Å². The molecule has 37 heavy (non-hydrogen) atoms. The number of ether oxygens (including phenoxy) is 2. The van der Waals surface area contributed by atoms with E-state index in [1.54, 1.807) is 41.3 Å². The Morgan fingerprint density at radius 2 is 1.57 bits per heavy atom. The maximum Gasteiger partial charge on any atom is 0.410 e. The summed E-state index contributed by atoms with van der Waals surface area (Å²) in [6.07, 6.45) is 1.05. The standard InChI is InChI=1S/C27H35N3O6S/c1-26(2,3)36-25(32)28-19-27(20-28)14-16-29(17-15-27)37(33,34)30(23-8-6-5-7-9-23)18-21-10-12-22(13-11-21)24(31)35-4/h5-13H,14-20H2,1-4H3. The fraction of sp³-hybridized carbons (Fsp3) is 0.481. The van der Waals surface area contributed by atoms with Gasteiger partial charge < -0.3 is 14.4 Å². The molecule has 0 N–H and O–H groups in total. The molecule has 2 aliphatic rings. The second kappa shape index (κ2) is 10.3. The number of benzene rings is 2. The van der Waals surface area contributed by atoms with Gasteiger partial charge in [0.05, 0.1) is 24.9 Å². The average molecular weight is 530 g/mol. The molecular formula is C27H35N3O6S. The lowest BCUT2D eigenvalue weighted by molar-refractivity contribution is -0.0521. The Labute approximate surface area is 219 Å². The number of likely N-dealkylation sites (tertiary alicyclic amines) is 1. The minimum Gasteiger partial charge on any atom is -0.465 e. The summed E-state index contributed by atoms with van der Waals surface area (Å²) >= 11 is 0. The van der Waals surface area contributed by atoms with E-state index in [9.17, 15) is 18.0 Å². The molecule has 10 heteroatoms. The first kappa shape index (κ1) is 26.9. The normalized spacial score (nSPS) is 17.7. The molecule has 0 aromatic heterocycles. The molecule has 1 spiro atoms. The van der Waals surface area contributed by atoms with E-state index in [0.29, 0.717) is 50.3 Å². The number of amides is 1. The molecule has 1 amide bonds. The number of piperidine rings is 1. The summed E-state index contributed by atoms with van der Waals surface area (Å²) in [6, 6.07) is 15.8. The number of carbonyl (C=O) groups excluding carboxylic acids is 2. The second-order valence-corrected chi connectivity index (χ2v) is 12.6. The Morgan fingerprint density at radius 1 is 0.973 bits per heavy atom. The van der Waals surface area contributed by atoms with Crippen molar-refractivity contribution in [2.75, 3.05) is 37.6 Å². The van der Waals surface area contributed by atoms with Crippen LogP contribution in [0.15, 0.2) is 54.6 Å². The van der Waals surface area contributed by atoms with Crippen LogP contribution in [0.5, 0.6) is 0 Å². The highest BCUT2D eigenvalue weighted by atomic mass is 32.2. The van der Waals surface area contributed by atoms with Crippen LogP contribution < -0.4 is 4.31 Å². The van der Waals surface area contributed by atoms with Gasteiger partial charge >= 0.3 is 22.3 Å². The summed E-state index contributed by atoms with van der Waals surface area (Å²) in [5.41, 5.74) is 1.12. The van der Waals surface area contributed by atoms with Gasteiger partial charge in [0.2, 0.25) is 0 Å². The lowest BCUT2D eigenvalue weighted by Gasteiger charge is -2.53. The van der Waals surface area contributed by atoms with Gasteiger partial charge in [-0.15, -0.1) is 0 Å². The first-order valence-electron chi connectivity index (χ1n) is 12.4. The van der Waals surface area contributed by atoms with Crippen molar-refractivity contribution in [3.63, 3.8) is 0 Å². The predicted molar refractivity (Wildman–Crippen MR) is 140 cm³/mol. The van der Waals surface area contributed by atoms with Crippen molar-refractivity contribution in [1.82, 2.24) is 9.21 Å². The molecule has 4 rings (SSSR count). The number of hydrogen-bond acceptors (Lipinski definition) is 6. The SMILES string of the molecule is COC(=O)c1ccc(CN(c2ccccc2)S(=O)(=O)N2CCC3(CC2)CN(C(=O)OC(C)(C)C)C3)cc1. The van der Waals surface area contributed by atoms with Crippen molar-refractivity contribution >= 4 is 28.0 Å². The third kappa shape index (κ3) is 6.07. The zero-order valence-electron chi connectivity index (χ0n) is 21.8. The number of para-hydroxylation sites is 1. The molecule has 0 radical (unpaired) electrons. The Hall–Kier alpha value is -3.11. The molecule has 0 saturated carbocycles. The van der Waals surface area contributed by atoms with Gasteiger partial charge in [0, 0.05) is 31.6 Å². The summed E-state index contributed by atoms with van der Waals surface area (Å²) in [4.78, 5) is 25.8. The minimum atomic E-state index is -3.82. The number of esters is 1. The molecule has 0 unspecified atom stereocenters. The largest absolute Gasteiger partial charge is 0.465 e. The van der Waals surface area contributed by atoms with Crippen LogP contribution in [-0.4, -0.2) is 68.6 Å². The number of carbonyl (C=O) groups is 2. The Balaban J connectivity index is 1.45. The molecule has 0 atom stereocenters. The van der Waals surface area contributed by atoms with Crippen LogP contribution in [-0.2, 0) is 26.2 Å². The van der Waals surface area contributed by atoms with Gasteiger partial charge in [0.15, 0.2) is 0 Å². The highest BCUT2D eigenvalue weighted by Gasteiger charge is 2.49. The van der Waals surface area contributed by atoms with E-state index in [0.717, 1.165) is 5.56 Å². The molecule has 0 aliphatic carbocycles. The zero-order chi connectivity index (χ0) is 26.8. The third-order valence-electron chi connectivity index (χ3n) is 6.84. The van der Waals surface area contributed by atoms with Crippen LogP contribution in [0.25, 0.3) is 0 Å². The molecule has 2 aromatic carbocycles. The van der Waals surface area contributed by atoms with E-state index in [1.165, 1.54) is 15.7 Å². The van der Waals surface area contributed by atoms with Gasteiger partial charge in [-0.05, 0) is 63.4 Å². The Morgan fingerprint density at radius 3 is 2.11 bits per heavy atom. The maximum absolute atomic E-state index is 13.9. The zero-order valence-corrected chi connectivity index (χ0v) is 22.7. The molecule has 2 saturated heterocycles. The minimum absolute atomic E-state index is 0.0653. The van der Waals surface area contributed by atoms with Crippen molar-refractivity contribution < 1.29 is 27.5 Å². The molecule has 2 heterocycles. The third-order valence-corrected chi connectivity index (χ3v) is 8.75. The molecule has 2 aromatic rings. The Kier molecular flexibility index (Phi) is 7.52. The van der Waals surface area contributed by atoms with Crippen LogP contribution in [0.4, 0.5) is 10.5 Å². The van der Waals surface area contributed by atoms with Crippen molar-refractivity contribution in [3.05, 3.63) is 65.7 Å². The molecular weight excluding hydrogens is 494 g/mol. The van der Waals surface area contributed by atoms with E-state index < -0.39 is 21.8 Å². The first-order chi connectivity index (χ1) is 17.4. The van der Waals surface area contributed by atoms with Crippen LogP contribution in [0.2, 0.25) is 0 Å². The highest BCUT2D eigenvalue weighted by molar-refractivity contribution is 7.90. The lowest BCUT2D eigenvalue weighted by atomic mass is 9.72. The lowest BCUT2D eigenvalue weighted by Crippen LogP contribution is -2.63. The summed E-state index contributed by atoms with van der Waals surface area (Å²) < 4.78 is 40.9. The second-order valence-electron chi connectivity index (χ2n) is 10.8. The number of rotatable bonds is 6.